The van der Waals surface area contributed by atoms with E-state index in [1.165, 1.54) is 5.56 Å². The van der Waals surface area contributed by atoms with Gasteiger partial charge in [0, 0.05) is 5.69 Å². The van der Waals surface area contributed by atoms with Crippen molar-refractivity contribution in [3.05, 3.63) is 48.0 Å². The number of hydrogen-bond acceptors (Lipinski definition) is 2. The van der Waals surface area contributed by atoms with Crippen LogP contribution in [0.25, 0.3) is 5.69 Å². The Morgan fingerprint density at radius 2 is 2.06 bits per heavy atom. The van der Waals surface area contributed by atoms with E-state index in [1.54, 1.807) is 0 Å². The highest BCUT2D eigenvalue weighted by Crippen LogP contribution is 2.22. The molecule has 90 valence electrons. The molecule has 0 saturated carbocycles. The van der Waals surface area contributed by atoms with E-state index in [9.17, 15) is 0 Å². The molecule has 0 spiro atoms. The van der Waals surface area contributed by atoms with Crippen molar-refractivity contribution in [1.82, 2.24) is 14.9 Å². The highest BCUT2D eigenvalue weighted by molar-refractivity contribution is 5.38. The van der Waals surface area contributed by atoms with E-state index in [1.807, 2.05) is 19.6 Å². The highest BCUT2D eigenvalue weighted by Gasteiger charge is 2.22. The minimum absolute atomic E-state index is 0.0970. The van der Waals surface area contributed by atoms with Crippen molar-refractivity contribution in [2.45, 2.75) is 26.3 Å². The van der Waals surface area contributed by atoms with Crippen LogP contribution in [0.3, 0.4) is 0 Å². The molecule has 0 atom stereocenters. The summed E-state index contributed by atoms with van der Waals surface area (Å²) in [5.74, 6) is 0. The SMILES string of the molecule is CNC(C)(C)c1cncn1-c1cccc(C)c1. The zero-order valence-corrected chi connectivity index (χ0v) is 10.9. The van der Waals surface area contributed by atoms with Gasteiger partial charge in [-0.1, -0.05) is 12.1 Å². The summed E-state index contributed by atoms with van der Waals surface area (Å²) in [5.41, 5.74) is 3.47. The van der Waals surface area contributed by atoms with Crippen LogP contribution < -0.4 is 5.32 Å². The lowest BCUT2D eigenvalue weighted by molar-refractivity contribution is 0.425. The second kappa shape index (κ2) is 4.34. The van der Waals surface area contributed by atoms with Crippen LogP contribution in [0.5, 0.6) is 0 Å². The maximum atomic E-state index is 4.27. The van der Waals surface area contributed by atoms with Crippen molar-refractivity contribution in [2.24, 2.45) is 0 Å². The first kappa shape index (κ1) is 11.9. The number of imidazole rings is 1. The second-order valence-corrected chi connectivity index (χ2v) is 4.86. The zero-order chi connectivity index (χ0) is 12.5. The molecular formula is C14H19N3. The largest absolute Gasteiger partial charge is 0.310 e. The van der Waals surface area contributed by atoms with Crippen molar-refractivity contribution in [2.75, 3.05) is 7.05 Å². The minimum Gasteiger partial charge on any atom is -0.310 e. The van der Waals surface area contributed by atoms with E-state index in [0.29, 0.717) is 0 Å². The molecule has 3 nitrogen and oxygen atoms in total. The third kappa shape index (κ3) is 2.24. The Kier molecular flexibility index (Phi) is 3.03. The predicted molar refractivity (Wildman–Crippen MR) is 70.4 cm³/mol. The maximum absolute atomic E-state index is 4.27. The molecule has 0 saturated heterocycles. The Morgan fingerprint density at radius 1 is 1.29 bits per heavy atom. The topological polar surface area (TPSA) is 29.9 Å². The maximum Gasteiger partial charge on any atom is 0.0994 e. The fourth-order valence-electron chi connectivity index (χ4n) is 1.87. The van der Waals surface area contributed by atoms with Crippen LogP contribution in [0.1, 0.15) is 25.1 Å². The predicted octanol–water partition coefficient (Wildman–Crippen LogP) is 2.64. The standard InChI is InChI=1S/C14H19N3/c1-11-6-5-7-12(8-11)17-10-16-9-13(17)14(2,3)15-4/h5-10,15H,1-4H3. The number of benzene rings is 1. The quantitative estimate of drug-likeness (QED) is 0.877. The number of hydrogen-bond donors (Lipinski definition) is 1. The molecule has 0 aliphatic rings. The highest BCUT2D eigenvalue weighted by atomic mass is 15.1. The summed E-state index contributed by atoms with van der Waals surface area (Å²) in [5, 5.41) is 3.31. The Bertz CT molecular complexity index is 512. The van der Waals surface area contributed by atoms with Gasteiger partial charge in [-0.3, -0.25) is 0 Å². The van der Waals surface area contributed by atoms with Gasteiger partial charge in [0.1, 0.15) is 0 Å². The van der Waals surface area contributed by atoms with E-state index in [0.717, 1.165) is 11.4 Å². The fraction of sp³-hybridized carbons (Fsp3) is 0.357. The summed E-state index contributed by atoms with van der Waals surface area (Å²) < 4.78 is 2.13. The van der Waals surface area contributed by atoms with Crippen LogP contribution in [0.15, 0.2) is 36.8 Å². The summed E-state index contributed by atoms with van der Waals surface area (Å²) >= 11 is 0. The Morgan fingerprint density at radius 3 is 2.71 bits per heavy atom. The third-order valence-corrected chi connectivity index (χ3v) is 3.18. The summed E-state index contributed by atoms with van der Waals surface area (Å²) in [4.78, 5) is 4.27. The van der Waals surface area contributed by atoms with E-state index < -0.39 is 0 Å². The van der Waals surface area contributed by atoms with Crippen molar-refractivity contribution < 1.29 is 0 Å². The number of rotatable bonds is 3. The molecule has 1 aromatic carbocycles. The monoisotopic (exact) mass is 229 g/mol. The van der Waals surface area contributed by atoms with Gasteiger partial charge < -0.3 is 9.88 Å². The molecular weight excluding hydrogens is 210 g/mol. The molecule has 0 aliphatic carbocycles. The number of nitrogens with zero attached hydrogens (tertiary/aromatic N) is 2. The van der Waals surface area contributed by atoms with Gasteiger partial charge >= 0.3 is 0 Å². The van der Waals surface area contributed by atoms with Crippen molar-refractivity contribution in [3.8, 4) is 5.69 Å². The molecule has 3 heteroatoms. The van der Waals surface area contributed by atoms with Gasteiger partial charge in [0.2, 0.25) is 0 Å². The molecule has 0 aliphatic heterocycles. The molecule has 0 unspecified atom stereocenters. The zero-order valence-electron chi connectivity index (χ0n) is 10.9. The average Bonchev–Trinajstić information content (AvgIpc) is 2.78. The van der Waals surface area contributed by atoms with Gasteiger partial charge in [-0.05, 0) is 45.5 Å². The normalized spacial score (nSPS) is 11.8. The number of nitrogens with one attached hydrogen (secondary N) is 1. The Hall–Kier alpha value is -1.61. The van der Waals surface area contributed by atoms with Crippen LogP contribution in [0, 0.1) is 6.92 Å². The molecule has 0 fully saturated rings. The molecule has 17 heavy (non-hydrogen) atoms. The molecule has 1 aromatic heterocycles. The lowest BCUT2D eigenvalue weighted by Gasteiger charge is -2.25. The summed E-state index contributed by atoms with van der Waals surface area (Å²) in [6.45, 7) is 6.40. The van der Waals surface area contributed by atoms with Gasteiger partial charge in [-0.15, -0.1) is 0 Å². The van der Waals surface area contributed by atoms with Crippen molar-refractivity contribution in [1.29, 1.82) is 0 Å². The van der Waals surface area contributed by atoms with Gasteiger partial charge in [0.25, 0.3) is 0 Å². The summed E-state index contributed by atoms with van der Waals surface area (Å²) in [7, 11) is 1.97. The van der Waals surface area contributed by atoms with Crippen LogP contribution in [-0.2, 0) is 5.54 Å². The first-order chi connectivity index (χ1) is 8.04. The molecule has 0 bridgehead atoms. The summed E-state index contributed by atoms with van der Waals surface area (Å²) in [6, 6.07) is 8.44. The van der Waals surface area contributed by atoms with Gasteiger partial charge in [0.15, 0.2) is 0 Å². The molecule has 0 amide bonds. The number of aryl methyl sites for hydroxylation is 1. The lowest BCUT2D eigenvalue weighted by atomic mass is 10.0. The van der Waals surface area contributed by atoms with Crippen LogP contribution in [0.2, 0.25) is 0 Å². The van der Waals surface area contributed by atoms with Gasteiger partial charge in [-0.25, -0.2) is 4.98 Å². The first-order valence-electron chi connectivity index (χ1n) is 5.83. The van der Waals surface area contributed by atoms with Crippen molar-refractivity contribution in [3.63, 3.8) is 0 Å². The first-order valence-corrected chi connectivity index (χ1v) is 5.83. The fourth-order valence-corrected chi connectivity index (χ4v) is 1.87. The smallest absolute Gasteiger partial charge is 0.0994 e. The van der Waals surface area contributed by atoms with Gasteiger partial charge in [0.05, 0.1) is 23.8 Å². The lowest BCUT2D eigenvalue weighted by Crippen LogP contribution is -2.35. The number of aromatic nitrogens is 2. The van der Waals surface area contributed by atoms with E-state index in [4.69, 9.17) is 0 Å². The van der Waals surface area contributed by atoms with Crippen molar-refractivity contribution >= 4 is 0 Å². The molecule has 2 aromatic rings. The minimum atomic E-state index is -0.0970. The van der Waals surface area contributed by atoms with Crippen LogP contribution >= 0.6 is 0 Å². The van der Waals surface area contributed by atoms with Gasteiger partial charge in [-0.2, -0.15) is 0 Å². The molecule has 2 rings (SSSR count). The third-order valence-electron chi connectivity index (χ3n) is 3.18. The van der Waals surface area contributed by atoms with E-state index >= 15 is 0 Å². The molecule has 1 heterocycles. The molecule has 0 radical (unpaired) electrons. The summed E-state index contributed by atoms with van der Waals surface area (Å²) in [6.07, 6.45) is 3.78. The van der Waals surface area contributed by atoms with Crippen LogP contribution in [-0.4, -0.2) is 16.6 Å². The Balaban J connectivity index is 2.51. The Labute approximate surface area is 103 Å². The average molecular weight is 229 g/mol. The van der Waals surface area contributed by atoms with Crippen LogP contribution in [0.4, 0.5) is 0 Å². The van der Waals surface area contributed by atoms with E-state index in [2.05, 4.69) is 59.9 Å². The van der Waals surface area contributed by atoms with E-state index in [-0.39, 0.29) is 5.54 Å². The second-order valence-electron chi connectivity index (χ2n) is 4.86. The molecule has 1 N–H and O–H groups in total.